The summed E-state index contributed by atoms with van der Waals surface area (Å²) >= 11 is 12.7. The summed E-state index contributed by atoms with van der Waals surface area (Å²) in [5.41, 5.74) is 0.972. The lowest BCUT2D eigenvalue weighted by Crippen LogP contribution is -2.58. The molecule has 1 saturated heterocycles. The average molecular weight is 676 g/mol. The van der Waals surface area contributed by atoms with Crippen molar-refractivity contribution in [2.75, 3.05) is 40.3 Å². The largest absolute Gasteiger partial charge is 0.471 e. The number of hydrogen-bond acceptors (Lipinski definition) is 4. The summed E-state index contributed by atoms with van der Waals surface area (Å²) < 4.78 is 41.0. The van der Waals surface area contributed by atoms with Crippen LogP contribution in [0.25, 0.3) is 0 Å². The summed E-state index contributed by atoms with van der Waals surface area (Å²) in [6.07, 6.45) is -3.32. The van der Waals surface area contributed by atoms with E-state index < -0.39 is 35.6 Å². The van der Waals surface area contributed by atoms with Crippen molar-refractivity contribution in [3.63, 3.8) is 0 Å². The Morgan fingerprint density at radius 2 is 1.59 bits per heavy atom. The smallest absolute Gasteiger partial charge is 0.346 e. The summed E-state index contributed by atoms with van der Waals surface area (Å²) in [4.78, 5) is 43.2. The minimum Gasteiger partial charge on any atom is -0.346 e. The molecular formula is C34H35Cl2F3N4O3. The van der Waals surface area contributed by atoms with E-state index in [1.165, 1.54) is 18.0 Å². The highest BCUT2D eigenvalue weighted by Crippen LogP contribution is 2.40. The molecule has 3 amide bonds. The number of rotatable bonds is 8. The molecule has 0 bridgehead atoms. The van der Waals surface area contributed by atoms with Gasteiger partial charge in [-0.1, -0.05) is 71.7 Å². The molecule has 1 N–H and O–H groups in total. The number of amides is 3. The van der Waals surface area contributed by atoms with Gasteiger partial charge in [-0.05, 0) is 60.2 Å². The summed E-state index contributed by atoms with van der Waals surface area (Å²) in [6.45, 7) is 1.12. The van der Waals surface area contributed by atoms with E-state index in [2.05, 4.69) is 16.3 Å². The number of hydrogen-bond donors (Lipinski definition) is 1. The molecule has 3 aromatic rings. The van der Waals surface area contributed by atoms with Crippen molar-refractivity contribution in [1.82, 2.24) is 20.0 Å². The second-order valence-electron chi connectivity index (χ2n) is 12.1. The maximum atomic E-state index is 14.0. The first kappa shape index (κ1) is 33.8. The van der Waals surface area contributed by atoms with Crippen molar-refractivity contribution in [2.45, 2.75) is 42.9 Å². The van der Waals surface area contributed by atoms with Crippen molar-refractivity contribution in [3.8, 4) is 0 Å². The van der Waals surface area contributed by atoms with Crippen LogP contribution >= 0.6 is 23.2 Å². The number of benzene rings is 3. The molecule has 7 nitrogen and oxygen atoms in total. The molecule has 46 heavy (non-hydrogen) atoms. The molecule has 244 valence electrons. The topological polar surface area (TPSA) is 73.0 Å². The van der Waals surface area contributed by atoms with Gasteiger partial charge in [0.1, 0.15) is 0 Å². The van der Waals surface area contributed by atoms with Gasteiger partial charge in [0.2, 0.25) is 5.91 Å². The molecule has 1 spiro atoms. The number of likely N-dealkylation sites (tertiary alicyclic amines) is 1. The SMILES string of the molecule is CN(CC(CCN1CCC2(CC1)NC(=O)Cc1ccccc12)(c1ccc(Cl)c(Cl)c1)N(C)C(=O)c1ccccc1)C(=O)C(F)(F)F. The lowest BCUT2D eigenvalue weighted by atomic mass is 9.75. The first-order valence-electron chi connectivity index (χ1n) is 15.0. The number of carbonyl (C=O) groups is 3. The van der Waals surface area contributed by atoms with E-state index in [0.717, 1.165) is 18.2 Å². The first-order valence-corrected chi connectivity index (χ1v) is 15.7. The standard InChI is InChI=1S/C34H35Cl2F3N4O3/c1-41(31(46)34(37,38)39)22-33(25-12-13-27(35)28(36)21-25,42(2)30(45)23-8-4-3-5-9-23)16-19-43-17-14-32(15-18-43)26-11-7-6-10-24(26)20-29(44)40-32/h3-13,21H,14-20,22H2,1-2H3,(H,40,44). The Bertz CT molecular complexity index is 1610. The van der Waals surface area contributed by atoms with Gasteiger partial charge in [-0.3, -0.25) is 14.4 Å². The number of piperidine rings is 1. The Morgan fingerprint density at radius 3 is 2.24 bits per heavy atom. The summed E-state index contributed by atoms with van der Waals surface area (Å²) in [7, 11) is 2.61. The highest BCUT2D eigenvalue weighted by atomic mass is 35.5. The molecule has 0 aromatic heterocycles. The zero-order valence-corrected chi connectivity index (χ0v) is 27.1. The summed E-state index contributed by atoms with van der Waals surface area (Å²) in [5.74, 6) is -2.48. The molecule has 2 heterocycles. The fourth-order valence-electron chi connectivity index (χ4n) is 6.81. The Kier molecular flexibility index (Phi) is 9.73. The van der Waals surface area contributed by atoms with Crippen molar-refractivity contribution in [3.05, 3.63) is 105 Å². The number of fused-ring (bicyclic) bond motifs is 2. The second kappa shape index (κ2) is 13.3. The molecule has 0 saturated carbocycles. The van der Waals surface area contributed by atoms with Crippen LogP contribution < -0.4 is 5.32 Å². The number of nitrogens with one attached hydrogen (secondary N) is 1. The number of carbonyl (C=O) groups excluding carboxylic acids is 3. The third-order valence-corrected chi connectivity index (χ3v) is 10.1. The molecule has 12 heteroatoms. The van der Waals surface area contributed by atoms with Crippen molar-refractivity contribution >= 4 is 40.9 Å². The zero-order valence-electron chi connectivity index (χ0n) is 25.5. The number of likely N-dealkylation sites (N-methyl/N-ethyl adjacent to an activating group) is 2. The average Bonchev–Trinajstić information content (AvgIpc) is 3.04. The number of nitrogens with zero attached hydrogens (tertiary/aromatic N) is 3. The van der Waals surface area contributed by atoms with Gasteiger partial charge in [0.05, 0.1) is 27.5 Å². The normalized spacial score (nSPS) is 17.5. The van der Waals surface area contributed by atoms with Gasteiger partial charge >= 0.3 is 12.1 Å². The van der Waals surface area contributed by atoms with Crippen LogP contribution in [0.3, 0.4) is 0 Å². The van der Waals surface area contributed by atoms with Crippen LogP contribution in [0.5, 0.6) is 0 Å². The van der Waals surface area contributed by atoms with Crippen LogP contribution in [0.2, 0.25) is 10.0 Å². The van der Waals surface area contributed by atoms with Crippen LogP contribution in [0, 0.1) is 0 Å². The van der Waals surface area contributed by atoms with Gasteiger partial charge in [-0.25, -0.2) is 0 Å². The Hall–Kier alpha value is -3.60. The van der Waals surface area contributed by atoms with E-state index in [1.54, 1.807) is 42.5 Å². The molecule has 0 aliphatic carbocycles. The molecule has 0 radical (unpaired) electrons. The fourth-order valence-corrected chi connectivity index (χ4v) is 7.10. The molecule has 1 unspecified atom stereocenters. The lowest BCUT2D eigenvalue weighted by Gasteiger charge is -2.48. The molecule has 1 atom stereocenters. The van der Waals surface area contributed by atoms with Crippen LogP contribution in [0.15, 0.2) is 72.8 Å². The van der Waals surface area contributed by atoms with E-state index >= 15 is 0 Å². The minimum absolute atomic E-state index is 0.0239. The Balaban J connectivity index is 1.49. The molecule has 2 aliphatic rings. The first-order chi connectivity index (χ1) is 21.8. The summed E-state index contributed by atoms with van der Waals surface area (Å²) in [5, 5.41) is 3.64. The van der Waals surface area contributed by atoms with Crippen molar-refractivity contribution in [2.24, 2.45) is 0 Å². The van der Waals surface area contributed by atoms with E-state index in [1.807, 2.05) is 18.2 Å². The third kappa shape index (κ3) is 6.75. The van der Waals surface area contributed by atoms with Gasteiger partial charge in [-0.15, -0.1) is 0 Å². The molecular weight excluding hydrogens is 640 g/mol. The van der Waals surface area contributed by atoms with Crippen LogP contribution in [-0.2, 0) is 27.1 Å². The van der Waals surface area contributed by atoms with Crippen LogP contribution in [0.4, 0.5) is 13.2 Å². The van der Waals surface area contributed by atoms with Gasteiger partial charge in [0, 0.05) is 45.8 Å². The van der Waals surface area contributed by atoms with Crippen molar-refractivity contribution < 1.29 is 27.6 Å². The van der Waals surface area contributed by atoms with Gasteiger partial charge in [0.25, 0.3) is 5.91 Å². The highest BCUT2D eigenvalue weighted by Gasteiger charge is 2.48. The lowest BCUT2D eigenvalue weighted by molar-refractivity contribution is -0.185. The molecule has 3 aromatic carbocycles. The second-order valence-corrected chi connectivity index (χ2v) is 12.9. The van der Waals surface area contributed by atoms with Gasteiger partial charge in [0.15, 0.2) is 0 Å². The van der Waals surface area contributed by atoms with E-state index in [4.69, 9.17) is 23.2 Å². The van der Waals surface area contributed by atoms with E-state index in [-0.39, 0.29) is 22.4 Å². The Morgan fingerprint density at radius 1 is 0.935 bits per heavy atom. The van der Waals surface area contributed by atoms with Gasteiger partial charge in [-0.2, -0.15) is 13.2 Å². The monoisotopic (exact) mass is 674 g/mol. The fraction of sp³-hybridized carbons (Fsp3) is 0.382. The molecule has 2 aliphatic heterocycles. The minimum atomic E-state index is -5.11. The number of alkyl halides is 3. The maximum Gasteiger partial charge on any atom is 0.471 e. The van der Waals surface area contributed by atoms with Gasteiger partial charge < -0.3 is 20.0 Å². The van der Waals surface area contributed by atoms with E-state index in [0.29, 0.717) is 54.9 Å². The number of halogens is 5. The molecule has 1 fully saturated rings. The van der Waals surface area contributed by atoms with Crippen molar-refractivity contribution in [1.29, 1.82) is 0 Å². The molecule has 5 rings (SSSR count). The highest BCUT2D eigenvalue weighted by molar-refractivity contribution is 6.42. The third-order valence-electron chi connectivity index (χ3n) is 9.33. The maximum absolute atomic E-state index is 14.0. The predicted molar refractivity (Wildman–Crippen MR) is 171 cm³/mol. The Labute approximate surface area is 276 Å². The quantitative estimate of drug-likeness (QED) is 0.317. The van der Waals surface area contributed by atoms with Crippen LogP contribution in [0.1, 0.15) is 46.3 Å². The van der Waals surface area contributed by atoms with E-state index in [9.17, 15) is 27.6 Å². The zero-order chi connectivity index (χ0) is 33.3. The van der Waals surface area contributed by atoms with Crippen LogP contribution in [-0.4, -0.2) is 78.9 Å². The predicted octanol–water partition coefficient (Wildman–Crippen LogP) is 6.04. The summed E-state index contributed by atoms with van der Waals surface area (Å²) in [6, 6.07) is 21.1.